The van der Waals surface area contributed by atoms with Gasteiger partial charge in [0.1, 0.15) is 5.75 Å². The minimum absolute atomic E-state index is 0.0274. The van der Waals surface area contributed by atoms with E-state index in [9.17, 15) is 8.78 Å². The lowest BCUT2D eigenvalue weighted by atomic mass is 10.3. The Bertz CT molecular complexity index is 652. The van der Waals surface area contributed by atoms with Crippen LogP contribution in [0.15, 0.2) is 24.3 Å². The number of anilines is 3. The van der Waals surface area contributed by atoms with Crippen molar-refractivity contribution in [1.82, 2.24) is 4.98 Å². The summed E-state index contributed by atoms with van der Waals surface area (Å²) in [6.45, 7) is 2.26. The molecule has 7 heteroatoms. The van der Waals surface area contributed by atoms with E-state index in [1.165, 1.54) is 7.11 Å². The number of halogens is 3. The van der Waals surface area contributed by atoms with Crippen LogP contribution in [0.5, 0.6) is 5.75 Å². The van der Waals surface area contributed by atoms with Gasteiger partial charge in [-0.25, -0.2) is 13.8 Å². The third-order valence-corrected chi connectivity index (χ3v) is 3.03. The topological polar surface area (TPSA) is 46.2 Å². The molecule has 0 fully saturated rings. The van der Waals surface area contributed by atoms with E-state index in [-0.39, 0.29) is 11.6 Å². The fourth-order valence-corrected chi connectivity index (χ4v) is 1.87. The highest BCUT2D eigenvalue weighted by Crippen LogP contribution is 2.30. The highest BCUT2D eigenvalue weighted by Gasteiger charge is 2.13. The van der Waals surface area contributed by atoms with E-state index in [1.54, 1.807) is 25.1 Å². The summed E-state index contributed by atoms with van der Waals surface area (Å²) in [6, 6.07) is 5.64. The number of nitrogens with one attached hydrogen (secondary N) is 2. The number of nitrogens with zero attached hydrogens (tertiary/aromatic N) is 1. The second-order valence-electron chi connectivity index (χ2n) is 4.15. The van der Waals surface area contributed by atoms with Gasteiger partial charge in [-0.2, -0.15) is 0 Å². The van der Waals surface area contributed by atoms with E-state index in [0.717, 1.165) is 6.07 Å². The van der Waals surface area contributed by atoms with Gasteiger partial charge in [0, 0.05) is 18.7 Å². The summed E-state index contributed by atoms with van der Waals surface area (Å²) in [5, 5.41) is 5.82. The van der Waals surface area contributed by atoms with Gasteiger partial charge < -0.3 is 15.4 Å². The van der Waals surface area contributed by atoms with Crippen molar-refractivity contribution in [2.75, 3.05) is 24.3 Å². The molecule has 1 aromatic carbocycles. The van der Waals surface area contributed by atoms with Crippen LogP contribution in [-0.2, 0) is 0 Å². The molecule has 2 rings (SSSR count). The molecule has 0 saturated heterocycles. The minimum Gasteiger partial charge on any atom is -0.497 e. The molecule has 0 unspecified atom stereocenters. The zero-order chi connectivity index (χ0) is 15.4. The number of hydrogen-bond acceptors (Lipinski definition) is 4. The highest BCUT2D eigenvalue weighted by molar-refractivity contribution is 6.33. The zero-order valence-electron chi connectivity index (χ0n) is 11.5. The molecule has 0 radical (unpaired) electrons. The third kappa shape index (κ3) is 3.52. The Morgan fingerprint density at radius 1 is 1.19 bits per heavy atom. The van der Waals surface area contributed by atoms with Gasteiger partial charge >= 0.3 is 0 Å². The maximum Gasteiger partial charge on any atom is 0.169 e. The number of aromatic nitrogens is 1. The SMILES string of the molecule is CCNc1nc(Nc2cc(OC)ccc2Cl)c(F)cc1F. The van der Waals surface area contributed by atoms with E-state index < -0.39 is 11.6 Å². The van der Waals surface area contributed by atoms with E-state index in [0.29, 0.717) is 23.0 Å². The van der Waals surface area contributed by atoms with E-state index >= 15 is 0 Å². The molecule has 0 saturated carbocycles. The second kappa shape index (κ2) is 6.58. The first-order valence-electron chi connectivity index (χ1n) is 6.25. The molecule has 112 valence electrons. The van der Waals surface area contributed by atoms with Crippen molar-refractivity contribution in [3.63, 3.8) is 0 Å². The number of benzene rings is 1. The predicted molar refractivity (Wildman–Crippen MR) is 79.6 cm³/mol. The van der Waals surface area contributed by atoms with Gasteiger partial charge in [0.2, 0.25) is 0 Å². The molecule has 2 N–H and O–H groups in total. The van der Waals surface area contributed by atoms with E-state index in [2.05, 4.69) is 15.6 Å². The number of hydrogen-bond donors (Lipinski definition) is 2. The smallest absolute Gasteiger partial charge is 0.169 e. The normalized spacial score (nSPS) is 10.3. The second-order valence-corrected chi connectivity index (χ2v) is 4.56. The Balaban J connectivity index is 2.37. The van der Waals surface area contributed by atoms with Crippen molar-refractivity contribution in [2.24, 2.45) is 0 Å². The van der Waals surface area contributed by atoms with Gasteiger partial charge in [0.25, 0.3) is 0 Å². The molecule has 0 atom stereocenters. The molecule has 0 aliphatic carbocycles. The molecule has 0 amide bonds. The minimum atomic E-state index is -0.812. The van der Waals surface area contributed by atoms with Crippen molar-refractivity contribution < 1.29 is 13.5 Å². The van der Waals surface area contributed by atoms with Gasteiger partial charge in [-0.1, -0.05) is 11.6 Å². The van der Waals surface area contributed by atoms with Crippen LogP contribution in [0.3, 0.4) is 0 Å². The Morgan fingerprint density at radius 2 is 1.90 bits per heavy atom. The molecule has 1 heterocycles. The molecule has 0 aliphatic rings. The fourth-order valence-electron chi connectivity index (χ4n) is 1.70. The van der Waals surface area contributed by atoms with Crippen molar-refractivity contribution in [3.05, 3.63) is 40.9 Å². The monoisotopic (exact) mass is 313 g/mol. The highest BCUT2D eigenvalue weighted by atomic mass is 35.5. The van der Waals surface area contributed by atoms with Crippen LogP contribution in [0.4, 0.5) is 26.1 Å². The van der Waals surface area contributed by atoms with Crippen molar-refractivity contribution >= 4 is 28.9 Å². The van der Waals surface area contributed by atoms with Crippen LogP contribution in [0, 0.1) is 11.6 Å². The maximum atomic E-state index is 13.8. The van der Waals surface area contributed by atoms with Crippen LogP contribution in [0.1, 0.15) is 6.92 Å². The molecular weight excluding hydrogens is 300 g/mol. The summed E-state index contributed by atoms with van der Waals surface area (Å²) >= 11 is 6.03. The third-order valence-electron chi connectivity index (χ3n) is 2.70. The van der Waals surface area contributed by atoms with E-state index in [4.69, 9.17) is 16.3 Å². The molecular formula is C14H14ClF2N3O. The molecule has 0 bridgehead atoms. The van der Waals surface area contributed by atoms with Crippen LogP contribution >= 0.6 is 11.6 Å². The van der Waals surface area contributed by atoms with E-state index in [1.807, 2.05) is 0 Å². The summed E-state index contributed by atoms with van der Waals surface area (Å²) in [7, 11) is 1.51. The lowest BCUT2D eigenvalue weighted by Gasteiger charge is -2.12. The first-order chi connectivity index (χ1) is 10.0. The zero-order valence-corrected chi connectivity index (χ0v) is 12.3. The summed E-state index contributed by atoms with van der Waals surface area (Å²) in [4.78, 5) is 3.88. The van der Waals surface area contributed by atoms with Gasteiger partial charge in [-0.15, -0.1) is 0 Å². The summed E-state index contributed by atoms with van der Waals surface area (Å²) in [5.41, 5.74) is 0.413. The van der Waals surface area contributed by atoms with Crippen molar-refractivity contribution in [1.29, 1.82) is 0 Å². The van der Waals surface area contributed by atoms with Gasteiger partial charge in [0.15, 0.2) is 23.3 Å². The average Bonchev–Trinajstić information content (AvgIpc) is 2.46. The van der Waals surface area contributed by atoms with Crippen LogP contribution in [0.25, 0.3) is 0 Å². The summed E-state index contributed by atoms with van der Waals surface area (Å²) in [6.07, 6.45) is 0. The lowest BCUT2D eigenvalue weighted by molar-refractivity contribution is 0.415. The predicted octanol–water partition coefficient (Wildman–Crippen LogP) is 4.20. The number of rotatable bonds is 5. The van der Waals surface area contributed by atoms with Crippen LogP contribution < -0.4 is 15.4 Å². The quantitative estimate of drug-likeness (QED) is 0.868. The largest absolute Gasteiger partial charge is 0.497 e. The fraction of sp³-hybridized carbons (Fsp3) is 0.214. The Hall–Kier alpha value is -2.08. The standard InChI is InChI=1S/C14H14ClF2N3O/c1-3-18-13-10(16)7-11(17)14(20-13)19-12-6-8(21-2)4-5-9(12)15/h4-7H,3H2,1-2H3,(H2,18,19,20). The number of ether oxygens (including phenoxy) is 1. The van der Waals surface area contributed by atoms with Gasteiger partial charge in [-0.05, 0) is 19.1 Å². The first-order valence-corrected chi connectivity index (χ1v) is 6.63. The Kier molecular flexibility index (Phi) is 4.80. The lowest BCUT2D eigenvalue weighted by Crippen LogP contribution is -2.06. The van der Waals surface area contributed by atoms with Gasteiger partial charge in [0.05, 0.1) is 17.8 Å². The van der Waals surface area contributed by atoms with Crippen LogP contribution in [-0.4, -0.2) is 18.6 Å². The Morgan fingerprint density at radius 3 is 2.57 bits per heavy atom. The Labute approximate surface area is 126 Å². The maximum absolute atomic E-state index is 13.8. The van der Waals surface area contributed by atoms with Crippen molar-refractivity contribution in [2.45, 2.75) is 6.92 Å². The first kappa shape index (κ1) is 15.3. The molecule has 2 aromatic rings. The van der Waals surface area contributed by atoms with Crippen LogP contribution in [0.2, 0.25) is 5.02 Å². The number of pyridine rings is 1. The number of methoxy groups -OCH3 is 1. The molecule has 4 nitrogen and oxygen atoms in total. The molecule has 1 aromatic heterocycles. The molecule has 21 heavy (non-hydrogen) atoms. The average molecular weight is 314 g/mol. The summed E-state index contributed by atoms with van der Waals surface area (Å²) < 4.78 is 32.4. The van der Waals surface area contributed by atoms with Gasteiger partial charge in [-0.3, -0.25) is 0 Å². The van der Waals surface area contributed by atoms with Crippen molar-refractivity contribution in [3.8, 4) is 5.75 Å². The molecule has 0 spiro atoms. The molecule has 0 aliphatic heterocycles. The summed E-state index contributed by atoms with van der Waals surface area (Å²) in [5.74, 6) is -1.16.